The second kappa shape index (κ2) is 3.62. The zero-order chi connectivity index (χ0) is 10.9. The molecule has 0 spiro atoms. The van der Waals surface area contributed by atoms with Crippen molar-refractivity contribution in [3.05, 3.63) is 35.9 Å². The van der Waals surface area contributed by atoms with E-state index in [1.54, 1.807) is 0 Å². The van der Waals surface area contributed by atoms with Gasteiger partial charge in [0.05, 0.1) is 20.6 Å². The molecule has 1 aromatic carbocycles. The molecule has 82 valence electrons. The molecular weight excluding hydrogens is 186 g/mol. The highest BCUT2D eigenvalue weighted by Crippen LogP contribution is 2.33. The van der Waals surface area contributed by atoms with Gasteiger partial charge >= 0.3 is 0 Å². The van der Waals surface area contributed by atoms with Crippen LogP contribution in [0.1, 0.15) is 18.9 Å². The first-order chi connectivity index (χ1) is 7.02. The molecule has 0 N–H and O–H groups in total. The van der Waals surface area contributed by atoms with Crippen LogP contribution in [0, 0.1) is 0 Å². The standard InChI is InChI=1S/C13H20NO/c1-13(12-7-5-4-6-8-12)9-10-14(2,3)11-15-13/h4-8H,9-11H2,1-3H3/q+1/t13-/m0/s1. The third kappa shape index (κ3) is 2.21. The first-order valence-electron chi connectivity index (χ1n) is 5.53. The van der Waals surface area contributed by atoms with Crippen molar-refractivity contribution in [1.29, 1.82) is 0 Å². The Kier molecular flexibility index (Phi) is 2.57. The molecule has 0 aliphatic carbocycles. The Bertz CT molecular complexity index is 322. The lowest BCUT2D eigenvalue weighted by Gasteiger charge is -2.42. The van der Waals surface area contributed by atoms with E-state index in [0.717, 1.165) is 17.6 Å². The molecule has 0 amide bonds. The van der Waals surface area contributed by atoms with Gasteiger partial charge in [-0.3, -0.25) is 0 Å². The third-order valence-corrected chi connectivity index (χ3v) is 3.31. The maximum absolute atomic E-state index is 6.04. The SMILES string of the molecule is C[C@@]1(c2ccccc2)CC[N+](C)(C)CO1. The molecule has 0 bridgehead atoms. The first kappa shape index (κ1) is 10.7. The van der Waals surface area contributed by atoms with Crippen LogP contribution in [0.4, 0.5) is 0 Å². The molecule has 1 aliphatic heterocycles. The van der Waals surface area contributed by atoms with Crippen LogP contribution in [0.25, 0.3) is 0 Å². The van der Waals surface area contributed by atoms with Crippen LogP contribution in [0.5, 0.6) is 0 Å². The van der Waals surface area contributed by atoms with Gasteiger partial charge in [0.15, 0.2) is 6.73 Å². The number of rotatable bonds is 1. The van der Waals surface area contributed by atoms with E-state index in [1.807, 2.05) is 0 Å². The summed E-state index contributed by atoms with van der Waals surface area (Å²) in [5, 5.41) is 0. The van der Waals surface area contributed by atoms with E-state index in [4.69, 9.17) is 4.74 Å². The van der Waals surface area contributed by atoms with E-state index in [9.17, 15) is 0 Å². The fourth-order valence-electron chi connectivity index (χ4n) is 1.99. The average molecular weight is 206 g/mol. The van der Waals surface area contributed by atoms with Crippen molar-refractivity contribution >= 4 is 0 Å². The van der Waals surface area contributed by atoms with E-state index < -0.39 is 0 Å². The smallest absolute Gasteiger partial charge is 0.183 e. The molecule has 0 radical (unpaired) electrons. The zero-order valence-electron chi connectivity index (χ0n) is 9.86. The van der Waals surface area contributed by atoms with Crippen LogP contribution in [0.2, 0.25) is 0 Å². The highest BCUT2D eigenvalue weighted by molar-refractivity contribution is 5.21. The van der Waals surface area contributed by atoms with Crippen molar-refractivity contribution < 1.29 is 9.22 Å². The number of hydrogen-bond donors (Lipinski definition) is 0. The topological polar surface area (TPSA) is 9.23 Å². The zero-order valence-corrected chi connectivity index (χ0v) is 9.86. The number of hydrogen-bond acceptors (Lipinski definition) is 1. The lowest BCUT2D eigenvalue weighted by molar-refractivity contribution is -0.922. The van der Waals surface area contributed by atoms with Gasteiger partial charge in [-0.25, -0.2) is 0 Å². The Labute approximate surface area is 92.1 Å². The molecule has 15 heavy (non-hydrogen) atoms. The highest BCUT2D eigenvalue weighted by atomic mass is 16.5. The second-order valence-electron chi connectivity index (χ2n) is 5.28. The number of nitrogens with zero attached hydrogens (tertiary/aromatic N) is 1. The molecule has 1 atom stereocenters. The minimum absolute atomic E-state index is 0.0883. The van der Waals surface area contributed by atoms with Crippen molar-refractivity contribution in [1.82, 2.24) is 0 Å². The van der Waals surface area contributed by atoms with Crippen molar-refractivity contribution in [3.8, 4) is 0 Å². The summed E-state index contributed by atoms with van der Waals surface area (Å²) < 4.78 is 7.00. The Hall–Kier alpha value is -0.860. The van der Waals surface area contributed by atoms with E-state index in [-0.39, 0.29) is 5.60 Å². The van der Waals surface area contributed by atoms with Gasteiger partial charge in [-0.1, -0.05) is 30.3 Å². The lowest BCUT2D eigenvalue weighted by Crippen LogP contribution is -2.51. The summed E-state index contributed by atoms with van der Waals surface area (Å²) in [5.41, 5.74) is 1.21. The summed E-state index contributed by atoms with van der Waals surface area (Å²) in [6.07, 6.45) is 1.09. The van der Waals surface area contributed by atoms with E-state index in [2.05, 4.69) is 51.4 Å². The number of benzene rings is 1. The van der Waals surface area contributed by atoms with Gasteiger partial charge < -0.3 is 9.22 Å². The van der Waals surface area contributed by atoms with E-state index in [1.165, 1.54) is 12.1 Å². The van der Waals surface area contributed by atoms with Gasteiger partial charge in [0.25, 0.3) is 0 Å². The molecule has 2 heteroatoms. The first-order valence-corrected chi connectivity index (χ1v) is 5.53. The Morgan fingerprint density at radius 3 is 2.40 bits per heavy atom. The molecule has 2 nitrogen and oxygen atoms in total. The third-order valence-electron chi connectivity index (χ3n) is 3.31. The Morgan fingerprint density at radius 2 is 1.87 bits per heavy atom. The summed E-state index contributed by atoms with van der Waals surface area (Å²) in [6.45, 7) is 4.16. The molecular formula is C13H20NO+. The Balaban J connectivity index is 2.17. The van der Waals surface area contributed by atoms with Gasteiger partial charge in [-0.05, 0) is 12.5 Å². The van der Waals surface area contributed by atoms with Crippen molar-refractivity contribution in [3.63, 3.8) is 0 Å². The minimum Gasteiger partial charge on any atom is -0.320 e. The molecule has 1 saturated heterocycles. The summed E-state index contributed by atoms with van der Waals surface area (Å²) in [6, 6.07) is 10.5. The van der Waals surface area contributed by atoms with Crippen molar-refractivity contribution in [2.75, 3.05) is 27.4 Å². The van der Waals surface area contributed by atoms with Crippen LogP contribution in [0.3, 0.4) is 0 Å². The quantitative estimate of drug-likeness (QED) is 0.641. The fourth-order valence-corrected chi connectivity index (χ4v) is 1.99. The average Bonchev–Trinajstić information content (AvgIpc) is 2.24. The van der Waals surface area contributed by atoms with Gasteiger partial charge in [0, 0.05) is 6.42 Å². The van der Waals surface area contributed by atoms with Crippen molar-refractivity contribution in [2.45, 2.75) is 18.9 Å². The molecule has 0 aromatic heterocycles. The predicted octanol–water partition coefficient (Wildman–Crippen LogP) is 2.36. The molecule has 1 heterocycles. The summed E-state index contributed by atoms with van der Waals surface area (Å²) in [5.74, 6) is 0. The second-order valence-corrected chi connectivity index (χ2v) is 5.28. The molecule has 2 rings (SSSR count). The molecule has 1 aliphatic rings. The summed E-state index contributed by atoms with van der Waals surface area (Å²) >= 11 is 0. The van der Waals surface area contributed by atoms with Crippen molar-refractivity contribution in [2.24, 2.45) is 0 Å². The maximum atomic E-state index is 6.04. The largest absolute Gasteiger partial charge is 0.320 e. The lowest BCUT2D eigenvalue weighted by atomic mass is 9.91. The van der Waals surface area contributed by atoms with E-state index >= 15 is 0 Å². The Morgan fingerprint density at radius 1 is 1.20 bits per heavy atom. The fraction of sp³-hybridized carbons (Fsp3) is 0.538. The van der Waals surface area contributed by atoms with Crippen LogP contribution in [-0.2, 0) is 10.3 Å². The minimum atomic E-state index is -0.0883. The van der Waals surface area contributed by atoms with E-state index in [0.29, 0.717) is 0 Å². The number of ether oxygens (including phenoxy) is 1. The maximum Gasteiger partial charge on any atom is 0.183 e. The molecule has 0 saturated carbocycles. The summed E-state index contributed by atoms with van der Waals surface area (Å²) in [7, 11) is 4.43. The number of quaternary nitrogens is 1. The van der Waals surface area contributed by atoms with Crippen LogP contribution < -0.4 is 0 Å². The van der Waals surface area contributed by atoms with Gasteiger partial charge in [0.2, 0.25) is 0 Å². The van der Waals surface area contributed by atoms with Gasteiger partial charge in [-0.15, -0.1) is 0 Å². The predicted molar refractivity (Wildman–Crippen MR) is 61.3 cm³/mol. The highest BCUT2D eigenvalue weighted by Gasteiger charge is 2.37. The monoisotopic (exact) mass is 206 g/mol. The van der Waals surface area contributed by atoms with Crippen LogP contribution >= 0.6 is 0 Å². The van der Waals surface area contributed by atoms with Gasteiger partial charge in [-0.2, -0.15) is 0 Å². The van der Waals surface area contributed by atoms with Crippen LogP contribution in [0.15, 0.2) is 30.3 Å². The van der Waals surface area contributed by atoms with Crippen LogP contribution in [-0.4, -0.2) is 31.9 Å². The summed E-state index contributed by atoms with van der Waals surface area (Å²) in [4.78, 5) is 0. The molecule has 1 aromatic rings. The van der Waals surface area contributed by atoms with Gasteiger partial charge in [0.1, 0.15) is 5.60 Å². The molecule has 1 fully saturated rings. The normalized spacial score (nSPS) is 30.1. The molecule has 0 unspecified atom stereocenters.